The Labute approximate surface area is 106 Å². The standard InChI is InChI=1S/C12H15N3O2S/c1-9-4-5-11-13-12(14-15(11)7-9)10-3-2-6-18(16,17)8-10/h4-5,7,10H,2-3,6,8H2,1H3. The molecule has 1 aliphatic rings. The van der Waals surface area contributed by atoms with Crippen molar-refractivity contribution in [2.75, 3.05) is 11.5 Å². The first kappa shape index (κ1) is 11.6. The van der Waals surface area contributed by atoms with Crippen LogP contribution in [0.5, 0.6) is 0 Å². The van der Waals surface area contributed by atoms with E-state index in [1.807, 2.05) is 25.3 Å². The Morgan fingerprint density at radius 3 is 3.00 bits per heavy atom. The third kappa shape index (κ3) is 2.12. The first-order chi connectivity index (χ1) is 8.53. The van der Waals surface area contributed by atoms with Gasteiger partial charge in [-0.2, -0.15) is 5.10 Å². The summed E-state index contributed by atoms with van der Waals surface area (Å²) in [4.78, 5) is 4.43. The lowest BCUT2D eigenvalue weighted by Crippen LogP contribution is -2.24. The SMILES string of the molecule is Cc1ccc2nc(C3CCCS(=O)(=O)C3)nn2c1. The van der Waals surface area contributed by atoms with Gasteiger partial charge in [0.05, 0.1) is 11.5 Å². The molecule has 0 bridgehead atoms. The van der Waals surface area contributed by atoms with E-state index in [1.54, 1.807) is 4.52 Å². The Hall–Kier alpha value is -1.43. The molecule has 2 aromatic heterocycles. The van der Waals surface area contributed by atoms with E-state index in [0.717, 1.165) is 17.6 Å². The molecule has 0 N–H and O–H groups in total. The van der Waals surface area contributed by atoms with Crippen LogP contribution in [0.3, 0.4) is 0 Å². The molecule has 0 saturated carbocycles. The van der Waals surface area contributed by atoms with Gasteiger partial charge < -0.3 is 0 Å². The lowest BCUT2D eigenvalue weighted by Gasteiger charge is -2.18. The van der Waals surface area contributed by atoms with Gasteiger partial charge in [-0.05, 0) is 31.4 Å². The molecule has 1 unspecified atom stereocenters. The normalized spacial score (nSPS) is 23.3. The van der Waals surface area contributed by atoms with E-state index in [1.165, 1.54) is 0 Å². The highest BCUT2D eigenvalue weighted by molar-refractivity contribution is 7.91. The molecule has 0 spiro atoms. The van der Waals surface area contributed by atoms with Gasteiger partial charge in [0.1, 0.15) is 0 Å². The second-order valence-corrected chi connectivity index (χ2v) is 7.16. The number of hydrogen-bond donors (Lipinski definition) is 0. The van der Waals surface area contributed by atoms with Crippen LogP contribution >= 0.6 is 0 Å². The van der Waals surface area contributed by atoms with Crippen LogP contribution in [-0.2, 0) is 9.84 Å². The Bertz CT molecular complexity index is 690. The lowest BCUT2D eigenvalue weighted by molar-refractivity contribution is 0.543. The molecule has 0 aliphatic carbocycles. The van der Waals surface area contributed by atoms with Crippen molar-refractivity contribution in [2.24, 2.45) is 0 Å². The molecular weight excluding hydrogens is 250 g/mol. The molecule has 18 heavy (non-hydrogen) atoms. The molecule has 96 valence electrons. The number of aromatic nitrogens is 3. The highest BCUT2D eigenvalue weighted by Crippen LogP contribution is 2.26. The molecule has 3 heterocycles. The van der Waals surface area contributed by atoms with E-state index < -0.39 is 9.84 Å². The van der Waals surface area contributed by atoms with Crippen molar-refractivity contribution in [2.45, 2.75) is 25.7 Å². The second kappa shape index (κ2) is 4.05. The van der Waals surface area contributed by atoms with E-state index in [2.05, 4.69) is 10.1 Å². The quantitative estimate of drug-likeness (QED) is 0.780. The van der Waals surface area contributed by atoms with Crippen molar-refractivity contribution in [3.63, 3.8) is 0 Å². The first-order valence-corrected chi connectivity index (χ1v) is 7.89. The van der Waals surface area contributed by atoms with Gasteiger partial charge in [0.15, 0.2) is 21.3 Å². The van der Waals surface area contributed by atoms with E-state index in [9.17, 15) is 8.42 Å². The molecule has 1 saturated heterocycles. The van der Waals surface area contributed by atoms with Gasteiger partial charge in [-0.1, -0.05) is 6.07 Å². The second-order valence-electron chi connectivity index (χ2n) is 4.93. The molecular formula is C12H15N3O2S. The third-order valence-corrected chi connectivity index (χ3v) is 5.14. The van der Waals surface area contributed by atoms with E-state index in [0.29, 0.717) is 18.0 Å². The van der Waals surface area contributed by atoms with Gasteiger partial charge in [-0.3, -0.25) is 0 Å². The Balaban J connectivity index is 1.99. The highest BCUT2D eigenvalue weighted by Gasteiger charge is 2.28. The van der Waals surface area contributed by atoms with Crippen LogP contribution in [0.2, 0.25) is 0 Å². The van der Waals surface area contributed by atoms with Crippen molar-refractivity contribution >= 4 is 15.5 Å². The molecule has 6 heteroatoms. The van der Waals surface area contributed by atoms with Crippen molar-refractivity contribution in [3.05, 3.63) is 29.7 Å². The number of rotatable bonds is 1. The zero-order valence-corrected chi connectivity index (χ0v) is 11.0. The van der Waals surface area contributed by atoms with E-state index >= 15 is 0 Å². The van der Waals surface area contributed by atoms with Crippen LogP contribution in [0, 0.1) is 6.92 Å². The Kier molecular flexibility index (Phi) is 2.62. The maximum atomic E-state index is 11.6. The topological polar surface area (TPSA) is 64.3 Å². The third-order valence-electron chi connectivity index (χ3n) is 3.32. The smallest absolute Gasteiger partial charge is 0.155 e. The van der Waals surface area contributed by atoms with Crippen LogP contribution in [0.25, 0.3) is 5.65 Å². The maximum Gasteiger partial charge on any atom is 0.155 e. The van der Waals surface area contributed by atoms with Crippen LogP contribution in [0.4, 0.5) is 0 Å². The average Bonchev–Trinajstić information content (AvgIpc) is 2.70. The fourth-order valence-corrected chi connectivity index (χ4v) is 4.10. The molecule has 1 aliphatic heterocycles. The summed E-state index contributed by atoms with van der Waals surface area (Å²) in [6.07, 6.45) is 3.47. The number of sulfone groups is 1. The molecule has 3 rings (SSSR count). The Morgan fingerprint density at radius 1 is 1.39 bits per heavy atom. The summed E-state index contributed by atoms with van der Waals surface area (Å²) in [5.74, 6) is 1.09. The minimum Gasteiger partial charge on any atom is -0.229 e. The van der Waals surface area contributed by atoms with Crippen LogP contribution in [0.1, 0.15) is 30.1 Å². The number of pyridine rings is 1. The Morgan fingerprint density at radius 2 is 2.22 bits per heavy atom. The summed E-state index contributed by atoms with van der Waals surface area (Å²) in [7, 11) is -2.91. The van der Waals surface area contributed by atoms with Crippen LogP contribution in [-0.4, -0.2) is 34.5 Å². The van der Waals surface area contributed by atoms with Gasteiger partial charge in [0.25, 0.3) is 0 Å². The minimum absolute atomic E-state index is 0.0519. The zero-order chi connectivity index (χ0) is 12.8. The fourth-order valence-electron chi connectivity index (χ4n) is 2.40. The summed E-state index contributed by atoms with van der Waals surface area (Å²) < 4.78 is 25.0. The first-order valence-electron chi connectivity index (χ1n) is 6.07. The minimum atomic E-state index is -2.91. The largest absolute Gasteiger partial charge is 0.229 e. The molecule has 1 fully saturated rings. The predicted molar refractivity (Wildman–Crippen MR) is 68.4 cm³/mol. The summed E-state index contributed by atoms with van der Waals surface area (Å²) >= 11 is 0. The fraction of sp³-hybridized carbons (Fsp3) is 0.500. The van der Waals surface area contributed by atoms with E-state index in [4.69, 9.17) is 0 Å². The number of aryl methyl sites for hydroxylation is 1. The van der Waals surface area contributed by atoms with Gasteiger partial charge in [-0.15, -0.1) is 0 Å². The number of hydrogen-bond acceptors (Lipinski definition) is 4. The summed E-state index contributed by atoms with van der Waals surface area (Å²) in [5.41, 5.74) is 1.88. The van der Waals surface area contributed by atoms with Gasteiger partial charge in [0.2, 0.25) is 0 Å². The van der Waals surface area contributed by atoms with E-state index in [-0.39, 0.29) is 11.7 Å². The summed E-state index contributed by atoms with van der Waals surface area (Å²) in [6, 6.07) is 3.88. The number of fused-ring (bicyclic) bond motifs is 1. The highest BCUT2D eigenvalue weighted by atomic mass is 32.2. The van der Waals surface area contributed by atoms with Gasteiger partial charge in [0, 0.05) is 12.1 Å². The molecule has 0 radical (unpaired) electrons. The molecule has 0 amide bonds. The van der Waals surface area contributed by atoms with Crippen LogP contribution in [0.15, 0.2) is 18.3 Å². The van der Waals surface area contributed by atoms with Gasteiger partial charge >= 0.3 is 0 Å². The summed E-state index contributed by atoms with van der Waals surface area (Å²) in [5, 5.41) is 4.40. The lowest BCUT2D eigenvalue weighted by atomic mass is 10.1. The van der Waals surface area contributed by atoms with Crippen molar-refractivity contribution in [1.29, 1.82) is 0 Å². The predicted octanol–water partition coefficient (Wildman–Crippen LogP) is 1.33. The number of nitrogens with zero attached hydrogens (tertiary/aromatic N) is 3. The monoisotopic (exact) mass is 265 g/mol. The van der Waals surface area contributed by atoms with Gasteiger partial charge in [-0.25, -0.2) is 17.9 Å². The maximum absolute atomic E-state index is 11.6. The van der Waals surface area contributed by atoms with Crippen LogP contribution < -0.4 is 0 Å². The molecule has 2 aromatic rings. The molecule has 1 atom stereocenters. The molecule has 0 aromatic carbocycles. The van der Waals surface area contributed by atoms with Crippen molar-refractivity contribution in [1.82, 2.24) is 14.6 Å². The molecule has 5 nitrogen and oxygen atoms in total. The zero-order valence-electron chi connectivity index (χ0n) is 10.2. The average molecular weight is 265 g/mol. The summed E-state index contributed by atoms with van der Waals surface area (Å²) in [6.45, 7) is 1.99. The van der Waals surface area contributed by atoms with Crippen molar-refractivity contribution < 1.29 is 8.42 Å². The van der Waals surface area contributed by atoms with Crippen molar-refractivity contribution in [3.8, 4) is 0 Å².